The predicted octanol–water partition coefficient (Wildman–Crippen LogP) is 4.41. The van der Waals surface area contributed by atoms with Gasteiger partial charge in [0.25, 0.3) is 5.91 Å². The van der Waals surface area contributed by atoms with Crippen molar-refractivity contribution in [2.24, 2.45) is 0 Å². The molecule has 2 aromatic rings. The van der Waals surface area contributed by atoms with E-state index in [2.05, 4.69) is 10.2 Å². The van der Waals surface area contributed by atoms with Crippen LogP contribution in [0.25, 0.3) is 0 Å². The number of urea groups is 1. The van der Waals surface area contributed by atoms with Gasteiger partial charge in [-0.1, -0.05) is 37.3 Å². The van der Waals surface area contributed by atoms with Crippen LogP contribution in [-0.4, -0.2) is 121 Å². The Kier molecular flexibility index (Phi) is 11.6. The first-order valence-corrected chi connectivity index (χ1v) is 18.2. The molecule has 0 unspecified atom stereocenters. The summed E-state index contributed by atoms with van der Waals surface area (Å²) in [7, 11) is 0. The Hall–Kier alpha value is -4.16. The summed E-state index contributed by atoms with van der Waals surface area (Å²) in [4.78, 5) is 60.6. The van der Waals surface area contributed by atoms with Gasteiger partial charge in [0, 0.05) is 90.1 Å². The Morgan fingerprint density at radius 2 is 1.64 bits per heavy atom. The first kappa shape index (κ1) is 35.7. The van der Waals surface area contributed by atoms with Crippen LogP contribution in [0, 0.1) is 6.92 Å². The van der Waals surface area contributed by atoms with Crippen LogP contribution in [0.4, 0.5) is 15.3 Å². The molecule has 0 bridgehead atoms. The van der Waals surface area contributed by atoms with Crippen molar-refractivity contribution < 1.29 is 33.4 Å². The molecule has 12 nitrogen and oxygen atoms in total. The summed E-state index contributed by atoms with van der Waals surface area (Å²) in [6.45, 7) is 11.0. The monoisotopic (exact) mass is 689 g/mol. The number of benzene rings is 2. The van der Waals surface area contributed by atoms with Crippen molar-refractivity contribution in [3.8, 4) is 5.75 Å². The fraction of sp³-hybridized carbons (Fsp3) is 0.579. The van der Waals surface area contributed by atoms with Crippen molar-refractivity contribution >= 4 is 29.7 Å². The Morgan fingerprint density at radius 1 is 0.920 bits per heavy atom. The van der Waals surface area contributed by atoms with E-state index in [1.807, 2.05) is 60.0 Å². The van der Waals surface area contributed by atoms with Crippen molar-refractivity contribution in [1.82, 2.24) is 19.6 Å². The van der Waals surface area contributed by atoms with Crippen LogP contribution in [0.2, 0.25) is 0 Å². The largest absolute Gasteiger partial charge is 0.436 e. The Labute approximate surface area is 295 Å². The summed E-state index contributed by atoms with van der Waals surface area (Å²) < 4.78 is 17.2. The average Bonchev–Trinajstić information content (AvgIpc) is 3.30. The van der Waals surface area contributed by atoms with E-state index in [9.17, 15) is 19.2 Å². The summed E-state index contributed by atoms with van der Waals surface area (Å²) in [6, 6.07) is 12.1. The van der Waals surface area contributed by atoms with Gasteiger partial charge in [-0.25, -0.2) is 9.59 Å². The van der Waals surface area contributed by atoms with Gasteiger partial charge in [-0.15, -0.1) is 0 Å². The lowest BCUT2D eigenvalue weighted by molar-refractivity contribution is -0.143. The summed E-state index contributed by atoms with van der Waals surface area (Å²) >= 11 is 0. The number of rotatable bonds is 8. The summed E-state index contributed by atoms with van der Waals surface area (Å²) in [6.07, 6.45) is 3.36. The van der Waals surface area contributed by atoms with E-state index in [1.54, 1.807) is 4.90 Å². The lowest BCUT2D eigenvalue weighted by atomic mass is 9.98. The number of esters is 1. The summed E-state index contributed by atoms with van der Waals surface area (Å²) in [5.41, 5.74) is 4.46. The number of likely N-dealkylation sites (tertiary alicyclic amines) is 1. The van der Waals surface area contributed by atoms with Crippen LogP contribution in [0.15, 0.2) is 36.4 Å². The smallest absolute Gasteiger partial charge is 0.410 e. The van der Waals surface area contributed by atoms with E-state index in [1.165, 1.54) is 6.92 Å². The number of ether oxygens (including phenoxy) is 3. The molecule has 0 aromatic heterocycles. The number of nitrogens with zero attached hydrogens (tertiary/aromatic N) is 4. The minimum atomic E-state index is -1.01. The lowest BCUT2D eigenvalue weighted by Gasteiger charge is -2.41. The standard InChI is InChI=1S/C38H51N5O7/c1-4-29-24-28(23-26(2)35(29)49-27(3)44)25-34(36(45)41-19-17-40(18-20-41)31-12-21-48-22-13-31)50-38(47)42-14-10-32(11-15-42)43-16-9-30-7-5-6-8-33(30)39-37(43)46/h5-8,23-24,31-32,34H,4,9-22,25H2,1-3H3,(H,39,46)/t34-/m1/s1. The number of piperidine rings is 1. The maximum atomic E-state index is 14.1. The van der Waals surface area contributed by atoms with Gasteiger partial charge in [-0.3, -0.25) is 14.5 Å². The van der Waals surface area contributed by atoms with Crippen molar-refractivity contribution in [2.45, 2.75) is 83.9 Å². The highest BCUT2D eigenvalue weighted by atomic mass is 16.6. The van der Waals surface area contributed by atoms with E-state index >= 15 is 0 Å². The Balaban J connectivity index is 1.12. The number of anilines is 1. The van der Waals surface area contributed by atoms with Crippen LogP contribution in [0.1, 0.15) is 61.8 Å². The molecule has 12 heteroatoms. The zero-order valence-electron chi connectivity index (χ0n) is 29.7. The first-order chi connectivity index (χ1) is 24.2. The number of amides is 4. The maximum absolute atomic E-state index is 14.1. The molecule has 4 aliphatic rings. The predicted molar refractivity (Wildman–Crippen MR) is 188 cm³/mol. The fourth-order valence-corrected chi connectivity index (χ4v) is 7.85. The molecular formula is C38H51N5O7. The van der Waals surface area contributed by atoms with E-state index in [4.69, 9.17) is 14.2 Å². The number of carbonyl (C=O) groups is 4. The van der Waals surface area contributed by atoms with Crippen LogP contribution in [-0.2, 0) is 38.3 Å². The Morgan fingerprint density at radius 3 is 2.34 bits per heavy atom. The number of hydrogen-bond acceptors (Lipinski definition) is 8. The van der Waals surface area contributed by atoms with Crippen LogP contribution in [0.3, 0.4) is 0 Å². The summed E-state index contributed by atoms with van der Waals surface area (Å²) in [5, 5.41) is 3.05. The van der Waals surface area contributed by atoms with Gasteiger partial charge in [-0.2, -0.15) is 0 Å². The second-order valence-corrected chi connectivity index (χ2v) is 13.9. The minimum absolute atomic E-state index is 0.00369. The highest BCUT2D eigenvalue weighted by Gasteiger charge is 2.36. The molecule has 4 heterocycles. The second kappa shape index (κ2) is 16.2. The molecule has 3 saturated heterocycles. The quantitative estimate of drug-likeness (QED) is 0.320. The van der Waals surface area contributed by atoms with Gasteiger partial charge in [-0.05, 0) is 73.8 Å². The molecule has 1 N–H and O–H groups in total. The molecule has 6 rings (SSSR count). The van der Waals surface area contributed by atoms with Crippen LogP contribution >= 0.6 is 0 Å². The van der Waals surface area contributed by atoms with Gasteiger partial charge >= 0.3 is 18.1 Å². The zero-order valence-corrected chi connectivity index (χ0v) is 29.7. The minimum Gasteiger partial charge on any atom is -0.436 e. The molecule has 2 aromatic carbocycles. The number of nitrogens with one attached hydrogen (secondary N) is 1. The molecule has 4 aliphatic heterocycles. The van der Waals surface area contributed by atoms with E-state index < -0.39 is 12.2 Å². The highest BCUT2D eigenvalue weighted by Crippen LogP contribution is 2.29. The molecule has 50 heavy (non-hydrogen) atoms. The first-order valence-electron chi connectivity index (χ1n) is 18.2. The topological polar surface area (TPSA) is 121 Å². The Bertz CT molecular complexity index is 1540. The molecule has 0 radical (unpaired) electrons. The molecule has 0 saturated carbocycles. The molecule has 3 fully saturated rings. The second-order valence-electron chi connectivity index (χ2n) is 13.9. The molecular weight excluding hydrogens is 638 g/mol. The summed E-state index contributed by atoms with van der Waals surface area (Å²) in [5.74, 6) is -0.0408. The fourth-order valence-electron chi connectivity index (χ4n) is 7.85. The van der Waals surface area contributed by atoms with Gasteiger partial charge in [0.1, 0.15) is 5.75 Å². The van der Waals surface area contributed by atoms with Crippen molar-refractivity contribution in [2.75, 3.05) is 64.3 Å². The van der Waals surface area contributed by atoms with Gasteiger partial charge in [0.15, 0.2) is 6.10 Å². The highest BCUT2D eigenvalue weighted by molar-refractivity contribution is 5.91. The SMILES string of the molecule is CCc1cc(C[C@@H](OC(=O)N2CCC(N3CCc4ccccc4NC3=O)CC2)C(=O)N2CCN(C3CCOCC3)CC2)cc(C)c1OC(C)=O. The third kappa shape index (κ3) is 8.40. The zero-order chi connectivity index (χ0) is 35.2. The van der Waals surface area contributed by atoms with E-state index in [0.717, 1.165) is 73.5 Å². The number of aryl methyl sites for hydroxylation is 2. The molecule has 270 valence electrons. The van der Waals surface area contributed by atoms with E-state index in [0.29, 0.717) is 63.8 Å². The number of piperazine rings is 1. The maximum Gasteiger partial charge on any atom is 0.410 e. The van der Waals surface area contributed by atoms with Crippen molar-refractivity contribution in [3.05, 3.63) is 58.7 Å². The third-order valence-corrected chi connectivity index (χ3v) is 10.6. The number of para-hydroxylation sites is 1. The number of hydrogen-bond donors (Lipinski definition) is 1. The van der Waals surface area contributed by atoms with Crippen LogP contribution < -0.4 is 10.1 Å². The van der Waals surface area contributed by atoms with Crippen molar-refractivity contribution in [1.29, 1.82) is 0 Å². The van der Waals surface area contributed by atoms with Crippen molar-refractivity contribution in [3.63, 3.8) is 0 Å². The lowest BCUT2D eigenvalue weighted by Crippen LogP contribution is -2.56. The number of carbonyl (C=O) groups excluding carboxylic acids is 4. The average molecular weight is 690 g/mol. The molecule has 0 aliphatic carbocycles. The molecule has 1 atom stereocenters. The van der Waals surface area contributed by atoms with Gasteiger partial charge in [0.2, 0.25) is 0 Å². The number of fused-ring (bicyclic) bond motifs is 1. The molecule has 4 amide bonds. The molecule has 0 spiro atoms. The van der Waals surface area contributed by atoms with Gasteiger partial charge < -0.3 is 34.2 Å². The normalized spacial score (nSPS) is 20.1. The van der Waals surface area contributed by atoms with E-state index in [-0.39, 0.29) is 30.4 Å². The third-order valence-electron chi connectivity index (χ3n) is 10.6. The van der Waals surface area contributed by atoms with Crippen LogP contribution in [0.5, 0.6) is 5.75 Å². The van der Waals surface area contributed by atoms with Gasteiger partial charge in [0.05, 0.1) is 0 Å².